The Hall–Kier alpha value is 2.15. The summed E-state index contributed by atoms with van der Waals surface area (Å²) in [5, 5.41) is 0. The van der Waals surface area contributed by atoms with Crippen LogP contribution in [0.5, 0.6) is 0 Å². The molecule has 0 unspecified atom stereocenters. The van der Waals surface area contributed by atoms with Gasteiger partial charge in [-0.15, -0.1) is 0 Å². The fraction of sp³-hybridized carbons (Fsp3) is 0.500. The van der Waals surface area contributed by atoms with Crippen LogP contribution in [-0.4, -0.2) is 0 Å². The molecule has 0 nitrogen and oxygen atoms in total. The van der Waals surface area contributed by atoms with Gasteiger partial charge in [0.2, 0.25) is 0 Å². The number of hydrogen-bond donors (Lipinski definition) is 0. The second kappa shape index (κ2) is 10.2. The monoisotopic (exact) mass is 314 g/mol. The van der Waals surface area contributed by atoms with Gasteiger partial charge in [-0.3, -0.25) is 0 Å². The van der Waals surface area contributed by atoms with Gasteiger partial charge < -0.3 is 0 Å². The summed E-state index contributed by atoms with van der Waals surface area (Å²) in [6, 6.07) is 0. The van der Waals surface area contributed by atoms with Crippen molar-refractivity contribution in [3.63, 3.8) is 0 Å². The van der Waals surface area contributed by atoms with E-state index < -0.39 is 11.6 Å². The topological polar surface area (TPSA) is 0 Å². The molecule has 0 aliphatic carbocycles. The molecule has 0 atom stereocenters. The van der Waals surface area contributed by atoms with Crippen LogP contribution >= 0.6 is 39.5 Å². The quantitative estimate of drug-likeness (QED) is 0.601. The molecular formula is C2H5Br3Ti. The summed E-state index contributed by atoms with van der Waals surface area (Å²) >= 11 is 8.92. The number of hydrogen-bond acceptors (Lipinski definition) is 0. The average Bonchev–Trinajstić information content (AvgIpc) is 1.41. The first-order valence-corrected chi connectivity index (χ1v) is 12.9. The van der Waals surface area contributed by atoms with Crippen molar-refractivity contribution in [3.05, 3.63) is 6.92 Å². The molecule has 38 valence electrons. The van der Waals surface area contributed by atoms with E-state index in [0.717, 1.165) is 0 Å². The van der Waals surface area contributed by atoms with Crippen LogP contribution < -0.4 is 0 Å². The van der Waals surface area contributed by atoms with E-state index in [-0.39, 0.29) is 0 Å². The summed E-state index contributed by atoms with van der Waals surface area (Å²) in [4.78, 5) is 0. The minimum atomic E-state index is -0.896. The van der Waals surface area contributed by atoms with Crippen molar-refractivity contribution in [2.45, 2.75) is 6.92 Å². The molecule has 0 aromatic heterocycles. The smallest absolute Gasteiger partial charge is 0.0564 e. The van der Waals surface area contributed by atoms with E-state index in [9.17, 15) is 0 Å². The largest absolute Gasteiger partial charge is 0.0654 e. The zero-order valence-electron chi connectivity index (χ0n) is 3.34. The Labute approximate surface area is 64.1 Å². The van der Waals surface area contributed by atoms with Crippen LogP contribution in [0.1, 0.15) is 6.92 Å². The molecule has 0 N–H and O–H groups in total. The van der Waals surface area contributed by atoms with Crippen LogP contribution in [0.3, 0.4) is 0 Å². The van der Waals surface area contributed by atoms with Gasteiger partial charge in [0.1, 0.15) is 0 Å². The summed E-state index contributed by atoms with van der Waals surface area (Å²) in [6.07, 6.45) is 0. The van der Waals surface area contributed by atoms with E-state index in [0.29, 0.717) is 0 Å². The van der Waals surface area contributed by atoms with Crippen LogP contribution in [0.4, 0.5) is 0 Å². The minimum Gasteiger partial charge on any atom is -0.0654 e. The Morgan fingerprint density at radius 1 is 1.17 bits per heavy atom. The second-order valence-electron chi connectivity index (χ2n) is 0.214. The van der Waals surface area contributed by atoms with Gasteiger partial charge in [-0.2, -0.15) is 0 Å². The Bertz CT molecular complexity index is 13.5. The molecule has 0 aromatic carbocycles. The molecule has 0 rings (SSSR count). The van der Waals surface area contributed by atoms with Gasteiger partial charge in [0.05, 0.1) is 0 Å². The van der Waals surface area contributed by atoms with Gasteiger partial charge in [-0.25, -0.2) is 0 Å². The van der Waals surface area contributed by atoms with E-state index in [1.165, 1.54) is 0 Å². The van der Waals surface area contributed by atoms with Gasteiger partial charge >= 0.3 is 51.1 Å². The Kier molecular flexibility index (Phi) is 18.7. The van der Waals surface area contributed by atoms with Gasteiger partial charge in [0.15, 0.2) is 0 Å². The molecule has 0 fully saturated rings. The molecule has 1 radical (unpaired) electrons. The summed E-state index contributed by atoms with van der Waals surface area (Å²) < 4.78 is 0. The maximum atomic E-state index is 3.27. The molecule has 0 bridgehead atoms. The van der Waals surface area contributed by atoms with Crippen LogP contribution in [0.25, 0.3) is 0 Å². The summed E-state index contributed by atoms with van der Waals surface area (Å²) in [6.45, 7) is 5.00. The van der Waals surface area contributed by atoms with Crippen LogP contribution in [-0.2, 0) is 11.6 Å². The fourth-order valence-corrected chi connectivity index (χ4v) is 0. The van der Waals surface area contributed by atoms with Gasteiger partial charge in [0.25, 0.3) is 0 Å². The zero-order chi connectivity index (χ0) is 5.58. The first-order chi connectivity index (χ1) is 2.73. The molecule has 0 heterocycles. The predicted octanol–water partition coefficient (Wildman–Crippen LogP) is 3.37. The van der Waals surface area contributed by atoms with Crippen molar-refractivity contribution in [2.24, 2.45) is 0 Å². The molecule has 0 aliphatic rings. The van der Waals surface area contributed by atoms with Gasteiger partial charge in [-0.1, -0.05) is 13.8 Å². The Balaban J connectivity index is 0. The van der Waals surface area contributed by atoms with Crippen molar-refractivity contribution in [1.82, 2.24) is 0 Å². The molecule has 0 saturated carbocycles. The molecule has 0 amide bonds. The Morgan fingerprint density at radius 2 is 1.17 bits per heavy atom. The van der Waals surface area contributed by atoms with Crippen LogP contribution in [0.15, 0.2) is 0 Å². The first-order valence-electron chi connectivity index (χ1n) is 1.27. The predicted molar refractivity (Wildman–Crippen MR) is 37.8 cm³/mol. The first kappa shape index (κ1) is 11.0. The van der Waals surface area contributed by atoms with E-state index in [2.05, 4.69) is 46.4 Å². The molecule has 0 aliphatic heterocycles. The van der Waals surface area contributed by atoms with Crippen LogP contribution in [0, 0.1) is 6.92 Å². The fourth-order valence-electron chi connectivity index (χ4n) is 0. The minimum absolute atomic E-state index is 0.896. The van der Waals surface area contributed by atoms with Crippen molar-refractivity contribution in [2.75, 3.05) is 0 Å². The molecule has 0 aromatic rings. The van der Waals surface area contributed by atoms with E-state index in [4.69, 9.17) is 0 Å². The standard InChI is InChI=1S/C2H5.3BrH.Ti/c1-2;;;;/h1H2,2H3;3*1H;/q;;;;+3/p-3. The number of halogens is 3. The van der Waals surface area contributed by atoms with E-state index >= 15 is 0 Å². The van der Waals surface area contributed by atoms with E-state index in [1.54, 1.807) is 6.92 Å². The SMILES string of the molecule is [Br][Ti]([Br])[Br].[CH2]C. The molecule has 0 spiro atoms. The van der Waals surface area contributed by atoms with Crippen molar-refractivity contribution >= 4 is 39.5 Å². The Morgan fingerprint density at radius 3 is 1.17 bits per heavy atom. The van der Waals surface area contributed by atoms with Crippen molar-refractivity contribution in [1.29, 1.82) is 0 Å². The molecular weight excluding hydrogens is 312 g/mol. The van der Waals surface area contributed by atoms with Gasteiger partial charge in [-0.05, 0) is 0 Å². The third-order valence-corrected chi connectivity index (χ3v) is 0. The average molecular weight is 317 g/mol. The van der Waals surface area contributed by atoms with Crippen molar-refractivity contribution < 1.29 is 11.6 Å². The second-order valence-corrected chi connectivity index (χ2v) is 23.9. The maximum absolute atomic E-state index is 3.27. The molecule has 0 saturated heterocycles. The van der Waals surface area contributed by atoms with Crippen molar-refractivity contribution in [3.8, 4) is 0 Å². The van der Waals surface area contributed by atoms with E-state index in [1.807, 2.05) is 0 Å². The third kappa shape index (κ3) is 35.2. The van der Waals surface area contributed by atoms with Gasteiger partial charge in [0, 0.05) is 0 Å². The molecule has 4 heteroatoms. The summed E-state index contributed by atoms with van der Waals surface area (Å²) in [5.41, 5.74) is 0. The maximum Gasteiger partial charge on any atom is -0.0564 e. The zero-order valence-corrected chi connectivity index (χ0v) is 9.66. The third-order valence-electron chi connectivity index (χ3n) is 0. The van der Waals surface area contributed by atoms with Crippen LogP contribution in [0.2, 0.25) is 0 Å². The summed E-state index contributed by atoms with van der Waals surface area (Å²) in [7, 11) is 0. The molecule has 6 heavy (non-hydrogen) atoms. The normalized spacial score (nSPS) is 5.50. The number of rotatable bonds is 0. The summed E-state index contributed by atoms with van der Waals surface area (Å²) in [5.74, 6) is 0.